The second-order valence-corrected chi connectivity index (χ2v) is 16.5. The fourth-order valence-corrected chi connectivity index (χ4v) is 12.0. The molecule has 254 valence electrons. The van der Waals surface area contributed by atoms with E-state index < -0.39 is 5.41 Å². The standard InChI is InChI=1S/C50H35BN2S/c1-30-21-24-34(25-22-30)53-44-29-32(3)28-43-46(44)51(41-19-11-12-20-42(41)52(43)33-13-5-4-6-14-33)49-47(53)45-37-26-23-31(2)27-40(37)50(48(45)54-49)38-17-9-7-15-35(38)36-16-8-10-18-39(36)50/h4-29H,1-3H3. The first-order valence-corrected chi connectivity index (χ1v) is 19.8. The van der Waals surface area contributed by atoms with Gasteiger partial charge < -0.3 is 9.80 Å². The highest BCUT2D eigenvalue weighted by atomic mass is 32.1. The van der Waals surface area contributed by atoms with Crippen LogP contribution in [0.3, 0.4) is 0 Å². The Kier molecular flexibility index (Phi) is 6.04. The van der Waals surface area contributed by atoms with E-state index in [0.717, 1.165) is 0 Å². The van der Waals surface area contributed by atoms with Crippen LogP contribution in [-0.4, -0.2) is 6.71 Å². The van der Waals surface area contributed by atoms with Gasteiger partial charge in [-0.3, -0.25) is 0 Å². The molecule has 0 fully saturated rings. The Labute approximate surface area is 320 Å². The Morgan fingerprint density at radius 2 is 1.09 bits per heavy atom. The molecule has 1 spiro atoms. The van der Waals surface area contributed by atoms with Crippen molar-refractivity contribution >= 4 is 67.9 Å². The van der Waals surface area contributed by atoms with Crippen LogP contribution >= 0.6 is 11.3 Å². The first-order chi connectivity index (χ1) is 26.5. The Morgan fingerprint density at radius 3 is 1.83 bits per heavy atom. The molecule has 2 aliphatic carbocycles. The molecule has 8 aromatic rings. The maximum atomic E-state index is 2.62. The highest BCUT2D eigenvalue weighted by molar-refractivity contribution is 7.30. The molecule has 7 aromatic carbocycles. The third-order valence-corrected chi connectivity index (χ3v) is 13.7. The Morgan fingerprint density at radius 1 is 0.481 bits per heavy atom. The fraction of sp³-hybridized carbons (Fsp3) is 0.0800. The van der Waals surface area contributed by atoms with Gasteiger partial charge in [0, 0.05) is 43.7 Å². The van der Waals surface area contributed by atoms with Gasteiger partial charge in [-0.15, -0.1) is 11.3 Å². The molecule has 12 rings (SSSR count). The SMILES string of the molecule is Cc1ccc(N2c3cc(C)cc4c3B(c3ccccc3N4c3ccccc3)c3sc4c(c32)-c2ccc(C)cc2C42c3ccccc3-c3ccccc32)cc1. The second-order valence-electron chi connectivity index (χ2n) is 15.5. The summed E-state index contributed by atoms with van der Waals surface area (Å²) in [6.45, 7) is 6.77. The van der Waals surface area contributed by atoms with Gasteiger partial charge >= 0.3 is 0 Å². The Balaban J connectivity index is 1.25. The van der Waals surface area contributed by atoms with Crippen molar-refractivity contribution in [3.8, 4) is 22.3 Å². The highest BCUT2D eigenvalue weighted by Crippen LogP contribution is 2.67. The smallest absolute Gasteiger partial charge is 0.264 e. The average molecular weight is 707 g/mol. The van der Waals surface area contributed by atoms with Crippen molar-refractivity contribution in [3.05, 3.63) is 196 Å². The van der Waals surface area contributed by atoms with Crippen molar-refractivity contribution < 1.29 is 0 Å². The molecule has 4 heteroatoms. The van der Waals surface area contributed by atoms with Crippen LogP contribution in [0, 0.1) is 20.8 Å². The van der Waals surface area contributed by atoms with Crippen LogP contribution in [0.2, 0.25) is 0 Å². The van der Waals surface area contributed by atoms with Crippen molar-refractivity contribution in [2.45, 2.75) is 26.2 Å². The minimum Gasteiger partial charge on any atom is -0.311 e. The van der Waals surface area contributed by atoms with Gasteiger partial charge in [-0.25, -0.2) is 0 Å². The molecule has 1 aromatic heterocycles. The van der Waals surface area contributed by atoms with E-state index in [0.29, 0.717) is 0 Å². The van der Waals surface area contributed by atoms with E-state index in [4.69, 9.17) is 0 Å². The van der Waals surface area contributed by atoms with Gasteiger partial charge in [0.1, 0.15) is 0 Å². The van der Waals surface area contributed by atoms with Crippen molar-refractivity contribution in [2.24, 2.45) is 0 Å². The molecular formula is C50H35BN2S. The summed E-state index contributed by atoms with van der Waals surface area (Å²) >= 11 is 2.06. The third-order valence-electron chi connectivity index (χ3n) is 12.4. The zero-order valence-electron chi connectivity index (χ0n) is 30.4. The third kappa shape index (κ3) is 3.71. The van der Waals surface area contributed by atoms with Crippen molar-refractivity contribution in [1.82, 2.24) is 0 Å². The maximum absolute atomic E-state index is 2.62. The fourth-order valence-electron chi connectivity index (χ4n) is 10.3. The molecule has 0 saturated carbocycles. The number of hydrogen-bond donors (Lipinski definition) is 0. The van der Waals surface area contributed by atoms with Crippen molar-refractivity contribution in [3.63, 3.8) is 0 Å². The van der Waals surface area contributed by atoms with Gasteiger partial charge in [-0.05, 0) is 113 Å². The van der Waals surface area contributed by atoms with E-state index in [1.54, 1.807) is 0 Å². The summed E-state index contributed by atoms with van der Waals surface area (Å²) in [7, 11) is 0. The normalized spacial score (nSPS) is 14.6. The molecule has 54 heavy (non-hydrogen) atoms. The summed E-state index contributed by atoms with van der Waals surface area (Å²) in [5.41, 5.74) is 23.2. The second kappa shape index (κ2) is 10.7. The molecule has 4 aliphatic rings. The highest BCUT2D eigenvalue weighted by Gasteiger charge is 2.56. The largest absolute Gasteiger partial charge is 0.311 e. The van der Waals surface area contributed by atoms with E-state index >= 15 is 0 Å². The molecule has 0 radical (unpaired) electrons. The summed E-state index contributed by atoms with van der Waals surface area (Å²) in [6, 6.07) is 59.7. The number of rotatable bonds is 2. The summed E-state index contributed by atoms with van der Waals surface area (Å²) in [4.78, 5) is 6.57. The van der Waals surface area contributed by atoms with Crippen molar-refractivity contribution in [1.29, 1.82) is 0 Å². The van der Waals surface area contributed by atoms with Gasteiger partial charge in [0.15, 0.2) is 0 Å². The summed E-state index contributed by atoms with van der Waals surface area (Å²) in [5.74, 6) is 0. The minimum absolute atomic E-state index is 0.0805. The van der Waals surface area contributed by atoms with E-state index in [-0.39, 0.29) is 6.71 Å². The van der Waals surface area contributed by atoms with Crippen LogP contribution in [-0.2, 0) is 5.41 Å². The zero-order chi connectivity index (χ0) is 35.9. The van der Waals surface area contributed by atoms with Gasteiger partial charge in [0.05, 0.1) is 11.1 Å². The number of anilines is 6. The van der Waals surface area contributed by atoms with Crippen LogP contribution in [0.1, 0.15) is 38.3 Å². The van der Waals surface area contributed by atoms with Crippen LogP contribution < -0.4 is 25.5 Å². The lowest BCUT2D eigenvalue weighted by molar-refractivity contribution is 0.810. The van der Waals surface area contributed by atoms with Gasteiger partial charge in [-0.2, -0.15) is 0 Å². The first-order valence-electron chi connectivity index (χ1n) is 19.0. The monoisotopic (exact) mass is 706 g/mol. The topological polar surface area (TPSA) is 6.48 Å². The Hall–Kier alpha value is -6.10. The lowest BCUT2D eigenvalue weighted by Crippen LogP contribution is -2.60. The number of aryl methyl sites for hydroxylation is 3. The van der Waals surface area contributed by atoms with E-state index in [1.165, 1.54) is 110 Å². The minimum atomic E-state index is -0.403. The molecule has 0 bridgehead atoms. The maximum Gasteiger partial charge on any atom is 0.264 e. The van der Waals surface area contributed by atoms with E-state index in [2.05, 4.69) is 200 Å². The number of nitrogens with zero attached hydrogens (tertiary/aromatic N) is 2. The van der Waals surface area contributed by atoms with Crippen LogP contribution in [0.4, 0.5) is 34.1 Å². The molecule has 3 heterocycles. The molecule has 0 unspecified atom stereocenters. The van der Waals surface area contributed by atoms with Crippen LogP contribution in [0.15, 0.2) is 158 Å². The number of thiophene rings is 1. The molecule has 2 aliphatic heterocycles. The number of hydrogen-bond acceptors (Lipinski definition) is 3. The predicted octanol–water partition coefficient (Wildman–Crippen LogP) is 11.1. The number of fused-ring (bicyclic) bond motifs is 15. The molecule has 0 atom stereocenters. The lowest BCUT2D eigenvalue weighted by Gasteiger charge is -2.43. The molecule has 0 N–H and O–H groups in total. The molecular weight excluding hydrogens is 671 g/mol. The zero-order valence-corrected chi connectivity index (χ0v) is 31.2. The molecule has 0 saturated heterocycles. The molecule has 2 nitrogen and oxygen atoms in total. The van der Waals surface area contributed by atoms with Crippen molar-refractivity contribution in [2.75, 3.05) is 9.80 Å². The van der Waals surface area contributed by atoms with Crippen LogP contribution in [0.25, 0.3) is 22.3 Å². The lowest BCUT2D eigenvalue weighted by atomic mass is 9.36. The first kappa shape index (κ1) is 30.4. The average Bonchev–Trinajstić information content (AvgIpc) is 3.82. The number of para-hydroxylation sites is 2. The van der Waals surface area contributed by atoms with Gasteiger partial charge in [0.25, 0.3) is 6.71 Å². The summed E-state index contributed by atoms with van der Waals surface area (Å²) < 4.78 is 1.42. The van der Waals surface area contributed by atoms with Crippen LogP contribution in [0.5, 0.6) is 0 Å². The van der Waals surface area contributed by atoms with Gasteiger partial charge in [0.2, 0.25) is 0 Å². The van der Waals surface area contributed by atoms with Gasteiger partial charge in [-0.1, -0.05) is 126 Å². The number of benzene rings is 7. The quantitative estimate of drug-likeness (QED) is 0.165. The molecule has 0 amide bonds. The van der Waals surface area contributed by atoms with E-state index in [1.807, 2.05) is 0 Å². The van der Waals surface area contributed by atoms with E-state index in [9.17, 15) is 0 Å². The summed E-state index contributed by atoms with van der Waals surface area (Å²) in [5, 5.41) is 0. The summed E-state index contributed by atoms with van der Waals surface area (Å²) in [6.07, 6.45) is 0. The predicted molar refractivity (Wildman–Crippen MR) is 229 cm³/mol. The Bertz CT molecular complexity index is 2840.